The van der Waals surface area contributed by atoms with Crippen LogP contribution in [0, 0.1) is 5.92 Å². The van der Waals surface area contributed by atoms with Gasteiger partial charge in [-0.1, -0.05) is 26.3 Å². The van der Waals surface area contributed by atoms with Crippen LogP contribution >= 0.6 is 0 Å². The molecule has 0 radical (unpaired) electrons. The van der Waals surface area contributed by atoms with Crippen LogP contribution in [-0.4, -0.2) is 23.5 Å². The molecule has 0 amide bonds. The molecule has 1 atom stereocenters. The van der Waals surface area contributed by atoms with Gasteiger partial charge in [0.05, 0.1) is 5.69 Å². The first-order chi connectivity index (χ1) is 7.65. The molecule has 1 rings (SSSR count). The van der Waals surface area contributed by atoms with E-state index in [0.29, 0.717) is 0 Å². The monoisotopic (exact) mass is 222 g/mol. The van der Waals surface area contributed by atoms with Gasteiger partial charge in [-0.25, -0.2) is 10.8 Å². The van der Waals surface area contributed by atoms with E-state index in [9.17, 15) is 0 Å². The van der Waals surface area contributed by atoms with E-state index in [4.69, 9.17) is 5.84 Å². The minimum atomic E-state index is 0.717. The Morgan fingerprint density at radius 3 is 2.88 bits per heavy atom. The summed E-state index contributed by atoms with van der Waals surface area (Å²) in [5, 5.41) is 0. The lowest BCUT2D eigenvalue weighted by atomic mass is 10.1. The van der Waals surface area contributed by atoms with Gasteiger partial charge in [0.25, 0.3) is 0 Å². The molecule has 16 heavy (non-hydrogen) atoms. The number of pyridine rings is 1. The SMILES string of the molecule is CCC(C)CN(C)Cc1cccc(NN)n1. The molecule has 0 aliphatic rings. The molecule has 3 N–H and O–H groups in total. The van der Waals surface area contributed by atoms with Gasteiger partial charge in [-0.15, -0.1) is 0 Å². The molecule has 1 aromatic rings. The second kappa shape index (κ2) is 6.45. The molecule has 0 spiro atoms. The van der Waals surface area contributed by atoms with Gasteiger partial charge in [-0.2, -0.15) is 0 Å². The maximum atomic E-state index is 5.33. The van der Waals surface area contributed by atoms with Crippen molar-refractivity contribution in [1.82, 2.24) is 9.88 Å². The Hall–Kier alpha value is -1.13. The topological polar surface area (TPSA) is 54.2 Å². The Labute approximate surface area is 97.8 Å². The predicted octanol–water partition coefficient (Wildman–Crippen LogP) is 1.85. The van der Waals surface area contributed by atoms with Crippen LogP contribution < -0.4 is 11.3 Å². The van der Waals surface area contributed by atoms with Crippen LogP contribution in [0.2, 0.25) is 0 Å². The molecule has 0 aliphatic carbocycles. The van der Waals surface area contributed by atoms with Crippen molar-refractivity contribution in [3.05, 3.63) is 23.9 Å². The average Bonchev–Trinajstić information content (AvgIpc) is 2.28. The van der Waals surface area contributed by atoms with Crippen molar-refractivity contribution in [1.29, 1.82) is 0 Å². The molecule has 90 valence electrons. The van der Waals surface area contributed by atoms with Gasteiger partial charge in [0.2, 0.25) is 0 Å². The third-order valence-corrected chi connectivity index (χ3v) is 2.71. The number of aromatic nitrogens is 1. The summed E-state index contributed by atoms with van der Waals surface area (Å²) in [7, 11) is 2.12. The maximum absolute atomic E-state index is 5.33. The fourth-order valence-corrected chi connectivity index (χ4v) is 1.65. The van der Waals surface area contributed by atoms with Crippen LogP contribution in [0.4, 0.5) is 5.82 Å². The largest absolute Gasteiger partial charge is 0.308 e. The van der Waals surface area contributed by atoms with Crippen molar-refractivity contribution in [2.45, 2.75) is 26.8 Å². The second-order valence-electron chi connectivity index (χ2n) is 4.37. The van der Waals surface area contributed by atoms with Gasteiger partial charge in [-0.3, -0.25) is 0 Å². The Morgan fingerprint density at radius 2 is 2.25 bits per heavy atom. The van der Waals surface area contributed by atoms with Crippen LogP contribution in [0.3, 0.4) is 0 Å². The molecule has 1 unspecified atom stereocenters. The zero-order valence-corrected chi connectivity index (χ0v) is 10.4. The normalized spacial score (nSPS) is 12.8. The van der Waals surface area contributed by atoms with Crippen molar-refractivity contribution >= 4 is 5.82 Å². The second-order valence-corrected chi connectivity index (χ2v) is 4.37. The van der Waals surface area contributed by atoms with Crippen LogP contribution in [0.5, 0.6) is 0 Å². The highest BCUT2D eigenvalue weighted by Gasteiger charge is 2.06. The lowest BCUT2D eigenvalue weighted by Gasteiger charge is -2.20. The summed E-state index contributed by atoms with van der Waals surface area (Å²) < 4.78 is 0. The van der Waals surface area contributed by atoms with Gasteiger partial charge in [0.1, 0.15) is 5.82 Å². The summed E-state index contributed by atoms with van der Waals surface area (Å²) in [5.74, 6) is 6.77. The fraction of sp³-hybridized carbons (Fsp3) is 0.583. The van der Waals surface area contributed by atoms with Crippen molar-refractivity contribution in [3.63, 3.8) is 0 Å². The third kappa shape index (κ3) is 4.16. The molecule has 1 aromatic heterocycles. The summed E-state index contributed by atoms with van der Waals surface area (Å²) in [6, 6.07) is 5.85. The Morgan fingerprint density at radius 1 is 1.50 bits per heavy atom. The molecule has 4 nitrogen and oxygen atoms in total. The molecule has 4 heteroatoms. The lowest BCUT2D eigenvalue weighted by molar-refractivity contribution is 0.272. The number of hydrogen-bond donors (Lipinski definition) is 2. The summed E-state index contributed by atoms with van der Waals surface area (Å²) in [6.07, 6.45) is 1.21. The summed E-state index contributed by atoms with van der Waals surface area (Å²) in [4.78, 5) is 6.68. The van der Waals surface area contributed by atoms with Crippen LogP contribution in [0.25, 0.3) is 0 Å². The molecule has 1 heterocycles. The fourth-order valence-electron chi connectivity index (χ4n) is 1.65. The molecule has 0 fully saturated rings. The van der Waals surface area contributed by atoms with Crippen LogP contribution in [0.15, 0.2) is 18.2 Å². The number of anilines is 1. The zero-order chi connectivity index (χ0) is 12.0. The first-order valence-corrected chi connectivity index (χ1v) is 5.76. The number of nitrogens with zero attached hydrogens (tertiary/aromatic N) is 2. The number of nitrogen functional groups attached to an aromatic ring is 1. The van der Waals surface area contributed by atoms with Crippen LogP contribution in [0.1, 0.15) is 26.0 Å². The van der Waals surface area contributed by atoms with Crippen molar-refractivity contribution in [2.24, 2.45) is 11.8 Å². The Bertz CT molecular complexity index is 314. The van der Waals surface area contributed by atoms with Gasteiger partial charge >= 0.3 is 0 Å². The highest BCUT2D eigenvalue weighted by Crippen LogP contribution is 2.08. The molecular weight excluding hydrogens is 200 g/mol. The third-order valence-electron chi connectivity index (χ3n) is 2.71. The maximum Gasteiger partial charge on any atom is 0.140 e. The number of hydrogen-bond acceptors (Lipinski definition) is 4. The van der Waals surface area contributed by atoms with E-state index in [0.717, 1.165) is 30.5 Å². The smallest absolute Gasteiger partial charge is 0.140 e. The highest BCUT2D eigenvalue weighted by atomic mass is 15.2. The van der Waals surface area contributed by atoms with Crippen molar-refractivity contribution < 1.29 is 0 Å². The molecule has 0 aromatic carbocycles. The Kier molecular flexibility index (Phi) is 5.22. The highest BCUT2D eigenvalue weighted by molar-refractivity contribution is 5.33. The average molecular weight is 222 g/mol. The molecule has 0 aliphatic heterocycles. The molecular formula is C12H22N4. The first kappa shape index (κ1) is 12.9. The Balaban J connectivity index is 2.51. The predicted molar refractivity (Wildman–Crippen MR) is 67.8 cm³/mol. The summed E-state index contributed by atoms with van der Waals surface area (Å²) in [5.41, 5.74) is 3.61. The standard InChI is InChI=1S/C12H22N4/c1-4-10(2)8-16(3)9-11-6-5-7-12(14-11)15-13/h5-7,10H,4,8-9,13H2,1-3H3,(H,14,15). The lowest BCUT2D eigenvalue weighted by Crippen LogP contribution is -2.24. The van der Waals surface area contributed by atoms with E-state index < -0.39 is 0 Å². The summed E-state index contributed by atoms with van der Waals surface area (Å²) in [6.45, 7) is 6.44. The first-order valence-electron chi connectivity index (χ1n) is 5.76. The van der Waals surface area contributed by atoms with E-state index in [1.807, 2.05) is 18.2 Å². The van der Waals surface area contributed by atoms with E-state index in [-0.39, 0.29) is 0 Å². The van der Waals surface area contributed by atoms with Gasteiger partial charge in [-0.05, 0) is 25.1 Å². The number of nitrogens with two attached hydrogens (primary N) is 1. The molecule has 0 bridgehead atoms. The molecule has 0 saturated heterocycles. The minimum Gasteiger partial charge on any atom is -0.308 e. The van der Waals surface area contributed by atoms with Crippen LogP contribution in [-0.2, 0) is 6.54 Å². The van der Waals surface area contributed by atoms with E-state index in [2.05, 4.69) is 36.2 Å². The van der Waals surface area contributed by atoms with Gasteiger partial charge in [0.15, 0.2) is 0 Å². The van der Waals surface area contributed by atoms with E-state index in [1.165, 1.54) is 6.42 Å². The number of nitrogens with one attached hydrogen (secondary N) is 1. The van der Waals surface area contributed by atoms with Gasteiger partial charge in [0, 0.05) is 13.1 Å². The molecule has 0 saturated carbocycles. The zero-order valence-electron chi connectivity index (χ0n) is 10.4. The summed E-state index contributed by atoms with van der Waals surface area (Å²) >= 11 is 0. The number of rotatable bonds is 6. The van der Waals surface area contributed by atoms with Crippen molar-refractivity contribution in [2.75, 3.05) is 19.0 Å². The van der Waals surface area contributed by atoms with Gasteiger partial charge < -0.3 is 10.3 Å². The minimum absolute atomic E-state index is 0.717. The van der Waals surface area contributed by atoms with Crippen molar-refractivity contribution in [3.8, 4) is 0 Å². The van der Waals surface area contributed by atoms with E-state index >= 15 is 0 Å². The quantitative estimate of drug-likeness (QED) is 0.569. The number of hydrazine groups is 1. The van der Waals surface area contributed by atoms with E-state index in [1.54, 1.807) is 0 Å².